The molecule has 0 spiro atoms. The van der Waals surface area contributed by atoms with Gasteiger partial charge in [-0.15, -0.1) is 0 Å². The van der Waals surface area contributed by atoms with Gasteiger partial charge in [0.25, 0.3) is 0 Å². The highest BCUT2D eigenvalue weighted by molar-refractivity contribution is 5.94. The zero-order valence-electron chi connectivity index (χ0n) is 17.6. The maximum Gasteiger partial charge on any atom is 0.338 e. The molecule has 4 rings (SSSR count). The number of rotatable bonds is 8. The first-order chi connectivity index (χ1) is 14.7. The number of carbonyl (C=O) groups excluding carboxylic acids is 1. The van der Waals surface area contributed by atoms with Crippen LogP contribution < -0.4 is 5.32 Å². The van der Waals surface area contributed by atoms with Crippen LogP contribution in [0.2, 0.25) is 0 Å². The minimum Gasteiger partial charge on any atom is -0.462 e. The summed E-state index contributed by atoms with van der Waals surface area (Å²) in [5, 5.41) is 3.31. The van der Waals surface area contributed by atoms with Gasteiger partial charge in [0, 0.05) is 18.1 Å². The predicted molar refractivity (Wildman–Crippen MR) is 118 cm³/mol. The quantitative estimate of drug-likeness (QED) is 0.411. The first-order valence-electron chi connectivity index (χ1n) is 10.7. The van der Waals surface area contributed by atoms with E-state index in [1.165, 1.54) is 19.3 Å². The van der Waals surface area contributed by atoms with Crippen LogP contribution in [0.1, 0.15) is 57.6 Å². The smallest absolute Gasteiger partial charge is 0.338 e. The van der Waals surface area contributed by atoms with Crippen LogP contribution in [0.15, 0.2) is 60.1 Å². The van der Waals surface area contributed by atoms with Gasteiger partial charge in [-0.05, 0) is 43.2 Å². The van der Waals surface area contributed by atoms with Gasteiger partial charge in [0.15, 0.2) is 0 Å². The number of hydrogen-bond donors (Lipinski definition) is 1. The molecule has 0 saturated heterocycles. The summed E-state index contributed by atoms with van der Waals surface area (Å²) < 4.78 is 7.78. The van der Waals surface area contributed by atoms with Gasteiger partial charge in [-0.3, -0.25) is 9.55 Å². The highest BCUT2D eigenvalue weighted by atomic mass is 16.5. The fraction of sp³-hybridized carbons (Fsp3) is 0.375. The van der Waals surface area contributed by atoms with Crippen LogP contribution in [0, 0.1) is 0 Å². The van der Waals surface area contributed by atoms with Crippen LogP contribution in [0.3, 0.4) is 0 Å². The molecule has 0 radical (unpaired) electrons. The lowest BCUT2D eigenvalue weighted by molar-refractivity contribution is -0.139. The number of para-hydroxylation sites is 2. The van der Waals surface area contributed by atoms with Gasteiger partial charge < -0.3 is 10.1 Å². The van der Waals surface area contributed by atoms with E-state index >= 15 is 0 Å². The molecule has 0 saturated carbocycles. The van der Waals surface area contributed by atoms with Crippen LogP contribution in [0.5, 0.6) is 0 Å². The third-order valence-corrected chi connectivity index (χ3v) is 5.55. The van der Waals surface area contributed by atoms with Crippen molar-refractivity contribution >= 4 is 23.0 Å². The zero-order valence-corrected chi connectivity index (χ0v) is 17.6. The first-order valence-corrected chi connectivity index (χ1v) is 10.7. The highest BCUT2D eigenvalue weighted by Crippen LogP contribution is 2.39. The number of anilines is 1. The van der Waals surface area contributed by atoms with Crippen LogP contribution in [-0.4, -0.2) is 27.1 Å². The Bertz CT molecular complexity index is 1060. The van der Waals surface area contributed by atoms with Crippen molar-refractivity contribution in [3.8, 4) is 0 Å². The molecule has 1 aliphatic heterocycles. The lowest BCUT2D eigenvalue weighted by atomic mass is 9.96. The van der Waals surface area contributed by atoms with Crippen molar-refractivity contribution in [2.75, 3.05) is 11.9 Å². The van der Waals surface area contributed by atoms with E-state index < -0.39 is 0 Å². The standard InChI is InChI=1S/C24H28N4O2/c1-3-4-5-6-9-16-30-23(29)21-17(2)26-24-27-19-10-7-8-11-20(19)28(24)22(21)18-12-14-25-15-13-18/h7-8,10-15,22H,3-6,9,16H2,1-2H3,(H,26,27)/t22-/m0/s1. The van der Waals surface area contributed by atoms with E-state index in [1.54, 1.807) is 12.4 Å². The zero-order chi connectivity index (χ0) is 20.9. The predicted octanol–water partition coefficient (Wildman–Crippen LogP) is 5.23. The number of carbonyl (C=O) groups is 1. The Labute approximate surface area is 177 Å². The molecule has 1 N–H and O–H groups in total. The minimum atomic E-state index is -0.316. The summed E-state index contributed by atoms with van der Waals surface area (Å²) in [6.07, 6.45) is 9.09. The molecule has 3 aromatic rings. The fourth-order valence-corrected chi connectivity index (χ4v) is 4.04. The monoisotopic (exact) mass is 404 g/mol. The summed E-state index contributed by atoms with van der Waals surface area (Å²) in [5.74, 6) is 0.451. The number of pyridine rings is 1. The molecule has 3 heterocycles. The third-order valence-electron chi connectivity index (χ3n) is 5.55. The molecule has 1 atom stereocenters. The van der Waals surface area contributed by atoms with Gasteiger partial charge in [0.2, 0.25) is 5.95 Å². The number of esters is 1. The largest absolute Gasteiger partial charge is 0.462 e. The normalized spacial score (nSPS) is 15.7. The molecule has 0 unspecified atom stereocenters. The van der Waals surface area contributed by atoms with Crippen molar-refractivity contribution in [3.63, 3.8) is 0 Å². The lowest BCUT2D eigenvalue weighted by Gasteiger charge is -2.30. The summed E-state index contributed by atoms with van der Waals surface area (Å²) >= 11 is 0. The topological polar surface area (TPSA) is 69.0 Å². The number of nitrogens with zero attached hydrogens (tertiary/aromatic N) is 3. The first kappa shape index (κ1) is 20.1. The molecule has 6 heteroatoms. The average Bonchev–Trinajstić information content (AvgIpc) is 3.13. The summed E-state index contributed by atoms with van der Waals surface area (Å²) in [4.78, 5) is 22.1. The van der Waals surface area contributed by atoms with Crippen LogP contribution in [0.4, 0.5) is 5.95 Å². The summed E-state index contributed by atoms with van der Waals surface area (Å²) in [6, 6.07) is 11.5. The Morgan fingerprint density at radius 1 is 1.10 bits per heavy atom. The van der Waals surface area contributed by atoms with Gasteiger partial charge >= 0.3 is 5.97 Å². The van der Waals surface area contributed by atoms with Crippen LogP contribution in [0.25, 0.3) is 11.0 Å². The van der Waals surface area contributed by atoms with Gasteiger partial charge in [0.1, 0.15) is 0 Å². The molecule has 156 valence electrons. The third kappa shape index (κ3) is 3.95. The number of aromatic nitrogens is 3. The summed E-state index contributed by atoms with van der Waals surface area (Å²) in [5.41, 5.74) is 4.22. The van der Waals surface area contributed by atoms with Crippen molar-refractivity contribution < 1.29 is 9.53 Å². The minimum absolute atomic E-state index is 0.277. The molecule has 30 heavy (non-hydrogen) atoms. The molecule has 2 aromatic heterocycles. The lowest BCUT2D eigenvalue weighted by Crippen LogP contribution is -2.29. The Kier molecular flexibility index (Phi) is 6.12. The molecule has 6 nitrogen and oxygen atoms in total. The molecule has 1 aliphatic rings. The Morgan fingerprint density at radius 2 is 1.87 bits per heavy atom. The van der Waals surface area contributed by atoms with Gasteiger partial charge in [-0.1, -0.05) is 44.7 Å². The fourth-order valence-electron chi connectivity index (χ4n) is 4.04. The Balaban J connectivity index is 1.66. The molecule has 0 bridgehead atoms. The highest BCUT2D eigenvalue weighted by Gasteiger charge is 2.34. The molecule has 0 aliphatic carbocycles. The van der Waals surface area contributed by atoms with Crippen molar-refractivity contribution in [1.82, 2.24) is 14.5 Å². The van der Waals surface area contributed by atoms with Gasteiger partial charge in [-0.2, -0.15) is 0 Å². The number of benzene rings is 1. The number of hydrogen-bond acceptors (Lipinski definition) is 5. The maximum atomic E-state index is 13.2. The Hall–Kier alpha value is -3.15. The second kappa shape index (κ2) is 9.11. The van der Waals surface area contributed by atoms with Crippen molar-refractivity contribution in [3.05, 3.63) is 65.6 Å². The number of allylic oxidation sites excluding steroid dienone is 1. The van der Waals surface area contributed by atoms with Gasteiger partial charge in [0.05, 0.1) is 29.3 Å². The number of ether oxygens (including phenoxy) is 1. The Morgan fingerprint density at radius 3 is 2.67 bits per heavy atom. The van der Waals surface area contributed by atoms with E-state index in [2.05, 4.69) is 21.8 Å². The van der Waals surface area contributed by atoms with Gasteiger partial charge in [-0.25, -0.2) is 9.78 Å². The average molecular weight is 405 g/mol. The van der Waals surface area contributed by atoms with E-state index in [4.69, 9.17) is 9.72 Å². The van der Waals surface area contributed by atoms with E-state index in [0.29, 0.717) is 12.2 Å². The number of fused-ring (bicyclic) bond motifs is 3. The van der Waals surface area contributed by atoms with E-state index in [9.17, 15) is 4.79 Å². The maximum absolute atomic E-state index is 13.2. The van der Waals surface area contributed by atoms with Crippen LogP contribution >= 0.6 is 0 Å². The summed E-state index contributed by atoms with van der Waals surface area (Å²) in [6.45, 7) is 4.55. The van der Waals surface area contributed by atoms with Crippen molar-refractivity contribution in [2.45, 2.75) is 52.0 Å². The van der Waals surface area contributed by atoms with E-state index in [1.807, 2.05) is 43.3 Å². The van der Waals surface area contributed by atoms with E-state index in [0.717, 1.165) is 41.1 Å². The number of unbranched alkanes of at least 4 members (excludes halogenated alkanes) is 4. The van der Waals surface area contributed by atoms with Crippen molar-refractivity contribution in [1.29, 1.82) is 0 Å². The number of imidazole rings is 1. The second-order valence-corrected chi connectivity index (χ2v) is 7.69. The SMILES string of the molecule is CCCCCCCOC(=O)C1=C(C)Nc2nc3ccccc3n2[C@H]1c1ccncc1. The van der Waals surface area contributed by atoms with Crippen molar-refractivity contribution in [2.24, 2.45) is 0 Å². The molecule has 0 amide bonds. The van der Waals surface area contributed by atoms with Crippen LogP contribution in [-0.2, 0) is 9.53 Å². The molecule has 1 aromatic carbocycles. The molecular weight excluding hydrogens is 376 g/mol. The number of nitrogens with one attached hydrogen (secondary N) is 1. The summed E-state index contributed by atoms with van der Waals surface area (Å²) in [7, 11) is 0. The molecule has 0 fully saturated rings. The molecular formula is C24H28N4O2. The van der Waals surface area contributed by atoms with E-state index in [-0.39, 0.29) is 12.0 Å². The second-order valence-electron chi connectivity index (χ2n) is 7.69.